The van der Waals surface area contributed by atoms with E-state index in [-0.39, 0.29) is 23.9 Å². The number of hydrogen-bond acceptors (Lipinski definition) is 3. The van der Waals surface area contributed by atoms with E-state index in [0.29, 0.717) is 32.5 Å². The van der Waals surface area contributed by atoms with Gasteiger partial charge in [0.15, 0.2) is 0 Å². The van der Waals surface area contributed by atoms with Crippen LogP contribution in [-0.2, 0) is 14.3 Å². The maximum absolute atomic E-state index is 11.7. The highest BCUT2D eigenvalue weighted by molar-refractivity contribution is 5.69. The van der Waals surface area contributed by atoms with Crippen LogP contribution in [0.5, 0.6) is 0 Å². The van der Waals surface area contributed by atoms with E-state index in [1.165, 1.54) is 0 Å². The molecule has 0 aliphatic rings. The maximum Gasteiger partial charge on any atom is 0.306 e. The number of hydrogen-bond donors (Lipinski definition) is 0. The molecule has 0 fully saturated rings. The minimum absolute atomic E-state index is 0.00527. The molecule has 0 N–H and O–H groups in total. The lowest BCUT2D eigenvalue weighted by molar-refractivity contribution is -0.147. The molecule has 0 aromatic rings. The summed E-state index contributed by atoms with van der Waals surface area (Å²) in [6, 6.07) is 0. The van der Waals surface area contributed by atoms with Gasteiger partial charge in [0.2, 0.25) is 0 Å². The Bertz CT molecular complexity index is 338. The molecule has 3 nitrogen and oxygen atoms in total. The first-order valence-corrected chi connectivity index (χ1v) is 6.52. The van der Waals surface area contributed by atoms with Gasteiger partial charge < -0.3 is 9.47 Å². The lowest BCUT2D eigenvalue weighted by Gasteiger charge is -2.28. The highest BCUT2D eigenvalue weighted by Crippen LogP contribution is 2.31. The molecule has 0 radical (unpaired) electrons. The van der Waals surface area contributed by atoms with E-state index < -0.39 is 0 Å². The summed E-state index contributed by atoms with van der Waals surface area (Å²) in [6.45, 7) is 7.36. The van der Waals surface area contributed by atoms with E-state index in [2.05, 4.69) is 32.6 Å². The third-order valence-corrected chi connectivity index (χ3v) is 2.88. The molecule has 106 valence electrons. The van der Waals surface area contributed by atoms with Gasteiger partial charge >= 0.3 is 5.97 Å². The van der Waals surface area contributed by atoms with Crippen LogP contribution in [0, 0.1) is 36.0 Å². The number of carbonyl (C=O) groups excluding carboxylic acids is 1. The van der Waals surface area contributed by atoms with Crippen LogP contribution < -0.4 is 0 Å². The first-order valence-electron chi connectivity index (χ1n) is 6.52. The molecular formula is C16H24O3. The van der Waals surface area contributed by atoms with Crippen molar-refractivity contribution in [2.75, 3.05) is 19.8 Å². The zero-order valence-corrected chi connectivity index (χ0v) is 12.2. The molecule has 0 aromatic heterocycles. The Morgan fingerprint density at radius 2 is 1.84 bits per heavy atom. The molecule has 0 amide bonds. The van der Waals surface area contributed by atoms with Crippen molar-refractivity contribution in [2.45, 2.75) is 40.0 Å². The van der Waals surface area contributed by atoms with Crippen molar-refractivity contribution < 1.29 is 14.3 Å². The summed E-state index contributed by atoms with van der Waals surface area (Å²) in [4.78, 5) is 11.7. The van der Waals surface area contributed by atoms with Gasteiger partial charge in [0.05, 0.1) is 13.2 Å². The zero-order chi connectivity index (χ0) is 14.7. The molecule has 0 rings (SSSR count). The van der Waals surface area contributed by atoms with Crippen molar-refractivity contribution in [3.05, 3.63) is 0 Å². The third-order valence-electron chi connectivity index (χ3n) is 2.88. The largest absolute Gasteiger partial charge is 0.463 e. The minimum atomic E-state index is -0.226. The molecule has 0 bridgehead atoms. The summed E-state index contributed by atoms with van der Waals surface area (Å²) < 4.78 is 10.3. The van der Waals surface area contributed by atoms with E-state index >= 15 is 0 Å². The standard InChI is InChI=1S/C16H24O3/c1-6-8-10-18-11-12-19-15(17)13-14(9-7-2)16(3,4)5/h1-2,14H,8-13H2,3-5H3. The second-order valence-corrected chi connectivity index (χ2v) is 5.46. The molecule has 0 spiro atoms. The lowest BCUT2D eigenvalue weighted by atomic mass is 9.77. The fraction of sp³-hybridized carbons (Fsp3) is 0.688. The van der Waals surface area contributed by atoms with Crippen molar-refractivity contribution in [1.29, 1.82) is 0 Å². The predicted molar refractivity (Wildman–Crippen MR) is 76.2 cm³/mol. The minimum Gasteiger partial charge on any atom is -0.463 e. The van der Waals surface area contributed by atoms with E-state index in [1.807, 2.05) is 0 Å². The lowest BCUT2D eigenvalue weighted by Crippen LogP contribution is -2.24. The average molecular weight is 264 g/mol. The maximum atomic E-state index is 11.7. The molecule has 3 heteroatoms. The Morgan fingerprint density at radius 1 is 1.16 bits per heavy atom. The highest BCUT2D eigenvalue weighted by atomic mass is 16.6. The van der Waals surface area contributed by atoms with Gasteiger partial charge in [-0.05, 0) is 11.3 Å². The number of esters is 1. The quantitative estimate of drug-likeness (QED) is 0.384. The molecule has 0 saturated carbocycles. The van der Waals surface area contributed by atoms with Crippen LogP contribution in [0.15, 0.2) is 0 Å². The molecule has 19 heavy (non-hydrogen) atoms. The number of ether oxygens (including phenoxy) is 2. The predicted octanol–water partition coefficient (Wildman–Crippen LogP) is 2.65. The summed E-state index contributed by atoms with van der Waals surface area (Å²) in [5.74, 6) is 5.00. The van der Waals surface area contributed by atoms with Crippen LogP contribution in [0.2, 0.25) is 0 Å². The first kappa shape index (κ1) is 17.6. The van der Waals surface area contributed by atoms with Crippen molar-refractivity contribution in [3.8, 4) is 24.7 Å². The Hall–Kier alpha value is -1.45. The van der Waals surface area contributed by atoms with E-state index in [9.17, 15) is 4.79 Å². The van der Waals surface area contributed by atoms with Gasteiger partial charge in [0, 0.05) is 19.3 Å². The van der Waals surface area contributed by atoms with E-state index in [0.717, 1.165) is 0 Å². The Morgan fingerprint density at radius 3 is 2.37 bits per heavy atom. The third kappa shape index (κ3) is 9.17. The molecule has 0 saturated heterocycles. The second-order valence-electron chi connectivity index (χ2n) is 5.46. The van der Waals surface area contributed by atoms with Crippen molar-refractivity contribution in [1.82, 2.24) is 0 Å². The van der Waals surface area contributed by atoms with Gasteiger partial charge in [0.1, 0.15) is 6.61 Å². The molecule has 0 aromatic carbocycles. The molecule has 1 atom stereocenters. The molecule has 0 heterocycles. The van der Waals surface area contributed by atoms with Gasteiger partial charge in [0.25, 0.3) is 0 Å². The summed E-state index contributed by atoms with van der Waals surface area (Å²) in [5, 5.41) is 0. The first-order chi connectivity index (χ1) is 8.91. The van der Waals surface area contributed by atoms with Crippen LogP contribution in [-0.4, -0.2) is 25.8 Å². The number of rotatable bonds is 8. The molecule has 1 unspecified atom stereocenters. The molecule has 0 aliphatic heterocycles. The van der Waals surface area contributed by atoms with Crippen LogP contribution >= 0.6 is 0 Å². The van der Waals surface area contributed by atoms with Gasteiger partial charge in [-0.3, -0.25) is 4.79 Å². The zero-order valence-electron chi connectivity index (χ0n) is 12.2. The topological polar surface area (TPSA) is 35.5 Å². The van der Waals surface area contributed by atoms with E-state index in [1.54, 1.807) is 0 Å². The van der Waals surface area contributed by atoms with Crippen molar-refractivity contribution >= 4 is 5.97 Å². The Balaban J connectivity index is 3.89. The van der Waals surface area contributed by atoms with Gasteiger partial charge in [-0.25, -0.2) is 0 Å². The van der Waals surface area contributed by atoms with Crippen LogP contribution in [0.25, 0.3) is 0 Å². The van der Waals surface area contributed by atoms with Crippen LogP contribution in [0.4, 0.5) is 0 Å². The Kier molecular flexibility index (Phi) is 8.75. The summed E-state index contributed by atoms with van der Waals surface area (Å²) in [5.41, 5.74) is -0.00527. The SMILES string of the molecule is C#CCCOCCOC(=O)CC(CC#C)C(C)(C)C. The van der Waals surface area contributed by atoms with Crippen molar-refractivity contribution in [3.63, 3.8) is 0 Å². The van der Waals surface area contributed by atoms with Gasteiger partial charge in [-0.15, -0.1) is 24.7 Å². The number of carbonyl (C=O) groups is 1. The summed E-state index contributed by atoms with van der Waals surface area (Å²) in [6.07, 6.45) is 11.9. The fourth-order valence-corrected chi connectivity index (χ4v) is 1.53. The smallest absolute Gasteiger partial charge is 0.306 e. The average Bonchev–Trinajstić information content (AvgIpc) is 2.32. The van der Waals surface area contributed by atoms with E-state index in [4.69, 9.17) is 22.3 Å². The summed E-state index contributed by atoms with van der Waals surface area (Å²) in [7, 11) is 0. The molecule has 0 aliphatic carbocycles. The number of terminal acetylenes is 2. The van der Waals surface area contributed by atoms with Crippen molar-refractivity contribution in [2.24, 2.45) is 11.3 Å². The molecular weight excluding hydrogens is 240 g/mol. The Labute approximate surface area is 117 Å². The van der Waals surface area contributed by atoms with Crippen LogP contribution in [0.1, 0.15) is 40.0 Å². The monoisotopic (exact) mass is 264 g/mol. The van der Waals surface area contributed by atoms with Gasteiger partial charge in [-0.2, -0.15) is 0 Å². The highest BCUT2D eigenvalue weighted by Gasteiger charge is 2.26. The second kappa shape index (κ2) is 9.48. The fourth-order valence-electron chi connectivity index (χ4n) is 1.53. The van der Waals surface area contributed by atoms with Crippen LogP contribution in [0.3, 0.4) is 0 Å². The van der Waals surface area contributed by atoms with Gasteiger partial charge in [-0.1, -0.05) is 20.8 Å². The summed E-state index contributed by atoms with van der Waals surface area (Å²) >= 11 is 0. The normalized spacial score (nSPS) is 12.3.